The Morgan fingerprint density at radius 1 is 1.43 bits per heavy atom. The van der Waals surface area contributed by atoms with E-state index < -0.39 is 5.97 Å². The molecule has 1 N–H and O–H groups in total. The average Bonchev–Trinajstić information content (AvgIpc) is 3.02. The molecule has 0 aliphatic carbocycles. The number of thiophene rings is 1. The van der Waals surface area contributed by atoms with Crippen molar-refractivity contribution in [2.75, 3.05) is 12.4 Å². The molecule has 0 unspecified atom stereocenters. The molecule has 0 saturated carbocycles. The van der Waals surface area contributed by atoms with E-state index in [0.717, 1.165) is 11.4 Å². The molecule has 0 spiro atoms. The van der Waals surface area contributed by atoms with Gasteiger partial charge in [0.15, 0.2) is 0 Å². The quantitative estimate of drug-likeness (QED) is 0.861. The summed E-state index contributed by atoms with van der Waals surface area (Å²) in [5.41, 5.74) is 2.44. The number of hydrogen-bond donors (Lipinski definition) is 1. The summed E-state index contributed by atoms with van der Waals surface area (Å²) >= 11 is 1.24. The Kier molecular flexibility index (Phi) is 4.74. The van der Waals surface area contributed by atoms with Crippen molar-refractivity contribution in [1.82, 2.24) is 9.78 Å². The normalized spacial score (nSPS) is 10.4. The lowest BCUT2D eigenvalue weighted by Gasteiger charge is -2.07. The van der Waals surface area contributed by atoms with Crippen LogP contribution in [0, 0.1) is 13.8 Å². The predicted molar refractivity (Wildman–Crippen MR) is 80.6 cm³/mol. The van der Waals surface area contributed by atoms with Crippen molar-refractivity contribution >= 4 is 28.9 Å². The minimum absolute atomic E-state index is 0.161. The van der Waals surface area contributed by atoms with Gasteiger partial charge in [0.25, 0.3) is 0 Å². The van der Waals surface area contributed by atoms with Crippen LogP contribution >= 0.6 is 11.3 Å². The summed E-state index contributed by atoms with van der Waals surface area (Å²) in [5, 5.41) is 8.77. The summed E-state index contributed by atoms with van der Waals surface area (Å²) in [6.07, 6.45) is 0.290. The molecule has 0 fully saturated rings. The van der Waals surface area contributed by atoms with Gasteiger partial charge in [-0.1, -0.05) is 0 Å². The fourth-order valence-corrected chi connectivity index (χ4v) is 2.75. The Labute approximate surface area is 126 Å². The van der Waals surface area contributed by atoms with E-state index in [1.54, 1.807) is 16.1 Å². The Balaban J connectivity index is 1.95. The highest BCUT2D eigenvalue weighted by atomic mass is 32.1. The van der Waals surface area contributed by atoms with Crippen LogP contribution in [0.1, 0.15) is 27.5 Å². The van der Waals surface area contributed by atoms with E-state index >= 15 is 0 Å². The number of rotatable bonds is 5. The number of carbonyl (C=O) groups is 2. The van der Waals surface area contributed by atoms with E-state index in [4.69, 9.17) is 0 Å². The topological polar surface area (TPSA) is 73.2 Å². The first-order valence-electron chi connectivity index (χ1n) is 6.48. The third-order valence-corrected chi connectivity index (χ3v) is 3.86. The zero-order chi connectivity index (χ0) is 15.4. The number of aryl methyl sites for hydroxylation is 3. The second-order valence-corrected chi connectivity index (χ2v) is 5.52. The number of aromatic nitrogens is 2. The van der Waals surface area contributed by atoms with Gasteiger partial charge >= 0.3 is 5.97 Å². The molecule has 2 heterocycles. The number of esters is 1. The Morgan fingerprint density at radius 3 is 2.81 bits per heavy atom. The maximum atomic E-state index is 12.0. The lowest BCUT2D eigenvalue weighted by molar-refractivity contribution is -0.116. The molecule has 2 aromatic rings. The van der Waals surface area contributed by atoms with E-state index in [1.165, 1.54) is 18.4 Å². The zero-order valence-electron chi connectivity index (χ0n) is 12.2. The van der Waals surface area contributed by atoms with Crippen molar-refractivity contribution in [3.05, 3.63) is 33.8 Å². The lowest BCUT2D eigenvalue weighted by atomic mass is 10.3. The summed E-state index contributed by atoms with van der Waals surface area (Å²) in [5.74, 6) is -0.607. The number of ether oxygens (including phenoxy) is 1. The molecule has 0 radical (unpaired) electrons. The van der Waals surface area contributed by atoms with Crippen molar-refractivity contribution in [3.63, 3.8) is 0 Å². The molecule has 0 aromatic carbocycles. The van der Waals surface area contributed by atoms with E-state index in [0.29, 0.717) is 23.5 Å². The van der Waals surface area contributed by atoms with Gasteiger partial charge in [-0.3, -0.25) is 9.48 Å². The van der Waals surface area contributed by atoms with Gasteiger partial charge in [-0.05, 0) is 31.4 Å². The number of anilines is 1. The van der Waals surface area contributed by atoms with Crippen LogP contribution in [0.4, 0.5) is 5.69 Å². The molecule has 0 atom stereocenters. The molecular formula is C14H17N3O3S. The van der Waals surface area contributed by atoms with Crippen LogP contribution < -0.4 is 5.32 Å². The van der Waals surface area contributed by atoms with Crippen LogP contribution in [0.2, 0.25) is 0 Å². The summed E-state index contributed by atoms with van der Waals surface area (Å²) in [6.45, 7) is 4.37. The molecule has 1 amide bonds. The molecule has 6 nitrogen and oxygen atoms in total. The van der Waals surface area contributed by atoms with Crippen LogP contribution in [0.3, 0.4) is 0 Å². The molecular weight excluding hydrogens is 290 g/mol. The van der Waals surface area contributed by atoms with Gasteiger partial charge < -0.3 is 10.1 Å². The van der Waals surface area contributed by atoms with Crippen LogP contribution in [0.15, 0.2) is 17.5 Å². The van der Waals surface area contributed by atoms with Gasteiger partial charge in [0, 0.05) is 18.7 Å². The standard InChI is InChI=1S/C14H17N3O3S/c1-9-8-10(2)17(16-9)6-4-12(18)15-11-5-7-21-13(11)14(19)20-3/h5,7-8H,4,6H2,1-3H3,(H,15,18). The molecule has 2 rings (SSSR count). The second kappa shape index (κ2) is 6.53. The van der Waals surface area contributed by atoms with Crippen LogP contribution in [-0.4, -0.2) is 28.8 Å². The summed E-state index contributed by atoms with van der Waals surface area (Å²) in [7, 11) is 1.32. The third-order valence-electron chi connectivity index (χ3n) is 2.96. The molecule has 112 valence electrons. The number of nitrogens with zero attached hydrogens (tertiary/aromatic N) is 2. The summed E-state index contributed by atoms with van der Waals surface area (Å²) < 4.78 is 6.47. The fourth-order valence-electron chi connectivity index (χ4n) is 1.98. The largest absolute Gasteiger partial charge is 0.465 e. The van der Waals surface area contributed by atoms with Crippen molar-refractivity contribution in [3.8, 4) is 0 Å². The smallest absolute Gasteiger partial charge is 0.350 e. The highest BCUT2D eigenvalue weighted by molar-refractivity contribution is 7.12. The van der Waals surface area contributed by atoms with E-state index in [1.807, 2.05) is 19.9 Å². The lowest BCUT2D eigenvalue weighted by Crippen LogP contribution is -2.16. The van der Waals surface area contributed by atoms with Gasteiger partial charge in [0.2, 0.25) is 5.91 Å². The summed E-state index contributed by atoms with van der Waals surface area (Å²) in [6, 6.07) is 3.66. The Bertz CT molecular complexity index is 660. The van der Waals surface area contributed by atoms with Crippen LogP contribution in [-0.2, 0) is 16.1 Å². The average molecular weight is 307 g/mol. The highest BCUT2D eigenvalue weighted by Crippen LogP contribution is 2.23. The number of hydrogen-bond acceptors (Lipinski definition) is 5. The van der Waals surface area contributed by atoms with Gasteiger partial charge in [-0.25, -0.2) is 4.79 Å². The first-order chi connectivity index (χ1) is 10.0. The first-order valence-corrected chi connectivity index (χ1v) is 7.36. The fraction of sp³-hybridized carbons (Fsp3) is 0.357. The molecule has 0 saturated heterocycles. The van der Waals surface area contributed by atoms with Crippen LogP contribution in [0.25, 0.3) is 0 Å². The first kappa shape index (κ1) is 15.2. The monoisotopic (exact) mass is 307 g/mol. The Morgan fingerprint density at radius 2 is 2.19 bits per heavy atom. The van der Waals surface area contributed by atoms with E-state index in [9.17, 15) is 9.59 Å². The zero-order valence-corrected chi connectivity index (χ0v) is 13.0. The van der Waals surface area contributed by atoms with Gasteiger partial charge in [0.1, 0.15) is 4.88 Å². The van der Waals surface area contributed by atoms with Gasteiger partial charge in [-0.2, -0.15) is 5.10 Å². The SMILES string of the molecule is COC(=O)c1sccc1NC(=O)CCn1nc(C)cc1C. The highest BCUT2D eigenvalue weighted by Gasteiger charge is 2.15. The number of carbonyl (C=O) groups excluding carboxylic acids is 2. The Hall–Kier alpha value is -2.15. The molecule has 7 heteroatoms. The van der Waals surface area contributed by atoms with Gasteiger partial charge in [-0.15, -0.1) is 11.3 Å². The van der Waals surface area contributed by atoms with Crippen molar-refractivity contribution in [1.29, 1.82) is 0 Å². The number of methoxy groups -OCH3 is 1. The van der Waals surface area contributed by atoms with Gasteiger partial charge in [0.05, 0.1) is 18.5 Å². The summed E-state index contributed by atoms with van der Waals surface area (Å²) in [4.78, 5) is 23.9. The minimum Gasteiger partial charge on any atom is -0.465 e. The molecule has 0 aliphatic rings. The molecule has 2 aromatic heterocycles. The molecule has 0 bridgehead atoms. The minimum atomic E-state index is -0.446. The predicted octanol–water partition coefficient (Wildman–Crippen LogP) is 2.38. The van der Waals surface area contributed by atoms with E-state index in [2.05, 4.69) is 15.2 Å². The molecule has 0 aliphatic heterocycles. The third kappa shape index (κ3) is 3.69. The second-order valence-electron chi connectivity index (χ2n) is 4.60. The van der Waals surface area contributed by atoms with Crippen LogP contribution in [0.5, 0.6) is 0 Å². The van der Waals surface area contributed by atoms with Crippen molar-refractivity contribution in [2.24, 2.45) is 0 Å². The number of amides is 1. The van der Waals surface area contributed by atoms with E-state index in [-0.39, 0.29) is 5.91 Å². The maximum absolute atomic E-state index is 12.0. The number of nitrogens with one attached hydrogen (secondary N) is 1. The maximum Gasteiger partial charge on any atom is 0.350 e. The van der Waals surface area contributed by atoms with Crippen molar-refractivity contribution < 1.29 is 14.3 Å². The van der Waals surface area contributed by atoms with Crippen molar-refractivity contribution in [2.45, 2.75) is 26.8 Å². The molecule has 21 heavy (non-hydrogen) atoms.